The Kier molecular flexibility index (Phi) is 6.79. The molecule has 0 spiro atoms. The fraction of sp³-hybridized carbons (Fsp3) is 0.125. The topological polar surface area (TPSA) is 122 Å². The average molecular weight is 476 g/mol. The number of nitrogens with one attached hydrogen (secondary N) is 3. The molecule has 0 radical (unpaired) electrons. The first kappa shape index (κ1) is 22.9. The maximum atomic E-state index is 12.8. The molecule has 2 aromatic heterocycles. The Bertz CT molecular complexity index is 1410. The molecule has 0 atom stereocenters. The number of aromatic nitrogens is 2. The minimum atomic E-state index is -0.644. The van der Waals surface area contributed by atoms with Crippen molar-refractivity contribution in [2.75, 3.05) is 5.32 Å². The first-order valence-corrected chi connectivity index (χ1v) is 11.4. The standard InChI is InChI=1S/C24H21N5O4S/c1-2-13-29-24(33)18-7-4-3-6-17(18)20(28-29)23(32)27-26-21(30)15-9-11-16(12-10-15)25-22(31)19-8-5-14-34-19/h3-12,14H,2,13H2,1H3,(H,25,31)(H,26,30)(H,27,32). The zero-order valence-corrected chi connectivity index (χ0v) is 19.0. The molecule has 10 heteroatoms. The molecule has 3 amide bonds. The van der Waals surface area contributed by atoms with Crippen molar-refractivity contribution in [3.8, 4) is 0 Å². The van der Waals surface area contributed by atoms with Crippen LogP contribution in [0.1, 0.15) is 43.9 Å². The number of amides is 3. The molecular weight excluding hydrogens is 454 g/mol. The number of thiophene rings is 1. The van der Waals surface area contributed by atoms with E-state index in [2.05, 4.69) is 21.3 Å². The third-order valence-corrected chi connectivity index (χ3v) is 5.83. The predicted octanol–water partition coefficient (Wildman–Crippen LogP) is 3.20. The Balaban J connectivity index is 1.44. The minimum Gasteiger partial charge on any atom is -0.321 e. The van der Waals surface area contributed by atoms with Gasteiger partial charge in [0.15, 0.2) is 5.69 Å². The Morgan fingerprint density at radius 3 is 2.26 bits per heavy atom. The summed E-state index contributed by atoms with van der Waals surface area (Å²) in [4.78, 5) is 50.6. The summed E-state index contributed by atoms with van der Waals surface area (Å²) < 4.78 is 1.25. The summed E-state index contributed by atoms with van der Waals surface area (Å²) in [7, 11) is 0. The van der Waals surface area contributed by atoms with E-state index in [0.29, 0.717) is 34.3 Å². The summed E-state index contributed by atoms with van der Waals surface area (Å²) in [6.45, 7) is 2.27. The summed E-state index contributed by atoms with van der Waals surface area (Å²) in [6.07, 6.45) is 0.673. The van der Waals surface area contributed by atoms with Crippen LogP contribution in [0.25, 0.3) is 10.8 Å². The SMILES string of the molecule is CCCn1nc(C(=O)NNC(=O)c2ccc(NC(=O)c3cccs3)cc2)c2ccccc2c1=O. The normalized spacial score (nSPS) is 10.6. The second kappa shape index (κ2) is 10.1. The van der Waals surface area contributed by atoms with Gasteiger partial charge in [-0.2, -0.15) is 5.10 Å². The molecule has 4 aromatic rings. The maximum absolute atomic E-state index is 12.8. The minimum absolute atomic E-state index is 0.0376. The van der Waals surface area contributed by atoms with Crippen LogP contribution in [0.15, 0.2) is 70.8 Å². The molecule has 0 aliphatic rings. The fourth-order valence-corrected chi connectivity index (χ4v) is 3.94. The smallest absolute Gasteiger partial charge is 0.290 e. The Hall–Kier alpha value is -4.31. The van der Waals surface area contributed by atoms with Crippen LogP contribution in [0.4, 0.5) is 5.69 Å². The second-order valence-corrected chi connectivity index (χ2v) is 8.29. The number of carbonyl (C=O) groups excluding carboxylic acids is 3. The summed E-state index contributed by atoms with van der Waals surface area (Å²) >= 11 is 1.33. The number of rotatable bonds is 6. The number of benzene rings is 2. The summed E-state index contributed by atoms with van der Waals surface area (Å²) in [5.41, 5.74) is 5.30. The van der Waals surface area contributed by atoms with Crippen LogP contribution in [0, 0.1) is 0 Å². The van der Waals surface area contributed by atoms with Crippen LogP contribution < -0.4 is 21.7 Å². The molecule has 9 nitrogen and oxygen atoms in total. The van der Waals surface area contributed by atoms with Crippen LogP contribution in [-0.4, -0.2) is 27.5 Å². The monoisotopic (exact) mass is 475 g/mol. The van der Waals surface area contributed by atoms with E-state index in [0.717, 1.165) is 0 Å². The molecular formula is C24H21N5O4S. The van der Waals surface area contributed by atoms with Crippen molar-refractivity contribution in [3.05, 3.63) is 92.5 Å². The van der Waals surface area contributed by atoms with Gasteiger partial charge in [-0.25, -0.2) is 4.68 Å². The van der Waals surface area contributed by atoms with Crippen LogP contribution in [0.2, 0.25) is 0 Å². The Morgan fingerprint density at radius 1 is 0.882 bits per heavy atom. The molecule has 0 aliphatic heterocycles. The highest BCUT2D eigenvalue weighted by molar-refractivity contribution is 7.12. The third-order valence-electron chi connectivity index (χ3n) is 4.96. The Morgan fingerprint density at radius 2 is 1.59 bits per heavy atom. The number of carbonyl (C=O) groups is 3. The number of anilines is 1. The van der Waals surface area contributed by atoms with Crippen molar-refractivity contribution in [1.29, 1.82) is 0 Å². The van der Waals surface area contributed by atoms with E-state index in [1.54, 1.807) is 48.5 Å². The molecule has 2 heterocycles. The molecule has 2 aromatic carbocycles. The van der Waals surface area contributed by atoms with E-state index in [-0.39, 0.29) is 22.7 Å². The van der Waals surface area contributed by atoms with Crippen molar-refractivity contribution in [2.45, 2.75) is 19.9 Å². The van der Waals surface area contributed by atoms with Gasteiger partial charge in [-0.15, -0.1) is 11.3 Å². The lowest BCUT2D eigenvalue weighted by atomic mass is 10.1. The summed E-state index contributed by atoms with van der Waals surface area (Å²) in [5, 5.41) is 9.55. The van der Waals surface area contributed by atoms with Crippen LogP contribution in [0.5, 0.6) is 0 Å². The zero-order valence-electron chi connectivity index (χ0n) is 18.2. The van der Waals surface area contributed by atoms with Crippen LogP contribution in [0.3, 0.4) is 0 Å². The highest BCUT2D eigenvalue weighted by Crippen LogP contribution is 2.15. The molecule has 0 saturated carbocycles. The van der Waals surface area contributed by atoms with Gasteiger partial charge in [0.2, 0.25) is 0 Å². The van der Waals surface area contributed by atoms with Crippen molar-refractivity contribution < 1.29 is 14.4 Å². The van der Waals surface area contributed by atoms with Crippen molar-refractivity contribution >= 4 is 45.5 Å². The van der Waals surface area contributed by atoms with Gasteiger partial charge in [0.05, 0.1) is 10.3 Å². The first-order valence-electron chi connectivity index (χ1n) is 10.5. The molecule has 0 bridgehead atoms. The highest BCUT2D eigenvalue weighted by atomic mass is 32.1. The molecule has 0 fully saturated rings. The molecule has 3 N–H and O–H groups in total. The van der Waals surface area contributed by atoms with Gasteiger partial charge in [-0.05, 0) is 48.2 Å². The van der Waals surface area contributed by atoms with Crippen molar-refractivity contribution in [3.63, 3.8) is 0 Å². The van der Waals surface area contributed by atoms with Crippen molar-refractivity contribution in [2.24, 2.45) is 0 Å². The number of hydrogen-bond donors (Lipinski definition) is 3. The number of nitrogens with zero attached hydrogens (tertiary/aromatic N) is 2. The lowest BCUT2D eigenvalue weighted by molar-refractivity contribution is 0.0843. The van der Waals surface area contributed by atoms with E-state index in [1.807, 2.05) is 12.3 Å². The first-order chi connectivity index (χ1) is 16.5. The van der Waals surface area contributed by atoms with E-state index >= 15 is 0 Å². The number of hydrazine groups is 1. The maximum Gasteiger partial charge on any atom is 0.290 e. The second-order valence-electron chi connectivity index (χ2n) is 7.34. The number of aryl methyl sites for hydroxylation is 1. The van der Waals surface area contributed by atoms with Gasteiger partial charge < -0.3 is 5.32 Å². The van der Waals surface area contributed by atoms with Gasteiger partial charge in [-0.3, -0.25) is 30.0 Å². The predicted molar refractivity (Wildman–Crippen MR) is 130 cm³/mol. The molecule has 34 heavy (non-hydrogen) atoms. The molecule has 0 saturated heterocycles. The van der Waals surface area contributed by atoms with E-state index in [4.69, 9.17) is 0 Å². The highest BCUT2D eigenvalue weighted by Gasteiger charge is 2.17. The molecule has 4 rings (SSSR count). The van der Waals surface area contributed by atoms with Crippen LogP contribution >= 0.6 is 11.3 Å². The van der Waals surface area contributed by atoms with Crippen LogP contribution in [-0.2, 0) is 6.54 Å². The summed E-state index contributed by atoms with van der Waals surface area (Å²) in [5.74, 6) is -1.42. The zero-order chi connectivity index (χ0) is 24.1. The van der Waals surface area contributed by atoms with Gasteiger partial charge in [-0.1, -0.05) is 31.2 Å². The number of hydrogen-bond acceptors (Lipinski definition) is 6. The van der Waals surface area contributed by atoms with Gasteiger partial charge >= 0.3 is 0 Å². The average Bonchev–Trinajstić information content (AvgIpc) is 3.40. The lowest BCUT2D eigenvalue weighted by Gasteiger charge is -2.11. The van der Waals surface area contributed by atoms with E-state index < -0.39 is 11.8 Å². The fourth-order valence-electron chi connectivity index (χ4n) is 3.32. The molecule has 0 unspecified atom stereocenters. The largest absolute Gasteiger partial charge is 0.321 e. The van der Waals surface area contributed by atoms with Gasteiger partial charge in [0, 0.05) is 23.2 Å². The van der Waals surface area contributed by atoms with E-state index in [9.17, 15) is 19.2 Å². The van der Waals surface area contributed by atoms with Crippen molar-refractivity contribution in [1.82, 2.24) is 20.6 Å². The third kappa shape index (κ3) is 4.86. The summed E-state index contributed by atoms with van der Waals surface area (Å²) in [6, 6.07) is 16.5. The lowest BCUT2D eigenvalue weighted by Crippen LogP contribution is -2.42. The Labute approximate surface area is 198 Å². The molecule has 172 valence electrons. The quantitative estimate of drug-likeness (QED) is 0.370. The van der Waals surface area contributed by atoms with Gasteiger partial charge in [0.1, 0.15) is 0 Å². The van der Waals surface area contributed by atoms with E-state index in [1.165, 1.54) is 28.2 Å². The van der Waals surface area contributed by atoms with Gasteiger partial charge in [0.25, 0.3) is 23.3 Å². The number of fused-ring (bicyclic) bond motifs is 1. The molecule has 0 aliphatic carbocycles.